The molecule has 0 unspecified atom stereocenters. The Kier molecular flexibility index (Phi) is 6.97. The van der Waals surface area contributed by atoms with Crippen molar-refractivity contribution >= 4 is 17.9 Å². The molecule has 0 aromatic carbocycles. The van der Waals surface area contributed by atoms with Crippen LogP contribution in [0.4, 0.5) is 4.79 Å². The number of ether oxygens (including phenoxy) is 1. The molecule has 1 aliphatic rings. The summed E-state index contributed by atoms with van der Waals surface area (Å²) in [6, 6.07) is 4.90. The number of aryl methyl sites for hydroxylation is 1. The van der Waals surface area contributed by atoms with Crippen molar-refractivity contribution < 1.29 is 23.5 Å². The van der Waals surface area contributed by atoms with Crippen molar-refractivity contribution in [3.63, 3.8) is 0 Å². The number of nitrogens with one attached hydrogen (secondary N) is 2. The molecule has 2 aromatic rings. The maximum atomic E-state index is 12.4. The van der Waals surface area contributed by atoms with Crippen LogP contribution in [0.2, 0.25) is 0 Å². The van der Waals surface area contributed by atoms with Crippen molar-refractivity contribution in [3.8, 4) is 0 Å². The van der Waals surface area contributed by atoms with Crippen LogP contribution in [-0.4, -0.2) is 35.1 Å². The first-order valence-electron chi connectivity index (χ1n) is 10.3. The smallest absolute Gasteiger partial charge is 0.340 e. The van der Waals surface area contributed by atoms with Gasteiger partial charge in [0.2, 0.25) is 0 Å². The molecule has 8 heteroatoms. The van der Waals surface area contributed by atoms with Gasteiger partial charge < -0.3 is 19.0 Å². The Morgan fingerprint density at radius 3 is 2.70 bits per heavy atom. The van der Waals surface area contributed by atoms with Gasteiger partial charge in [0, 0.05) is 17.4 Å². The van der Waals surface area contributed by atoms with Gasteiger partial charge in [-0.1, -0.05) is 19.8 Å². The molecule has 162 valence electrons. The van der Waals surface area contributed by atoms with Gasteiger partial charge in [-0.25, -0.2) is 9.59 Å². The molecular formula is C22H29N3O5. The van der Waals surface area contributed by atoms with E-state index in [1.165, 1.54) is 0 Å². The second kappa shape index (κ2) is 9.65. The Morgan fingerprint density at radius 2 is 2.00 bits per heavy atom. The van der Waals surface area contributed by atoms with E-state index in [1.54, 1.807) is 12.3 Å². The highest BCUT2D eigenvalue weighted by Crippen LogP contribution is 2.23. The second-order valence-corrected chi connectivity index (χ2v) is 7.92. The van der Waals surface area contributed by atoms with Gasteiger partial charge in [-0.2, -0.15) is 0 Å². The van der Waals surface area contributed by atoms with E-state index in [9.17, 15) is 14.4 Å². The minimum absolute atomic E-state index is 0.0636. The van der Waals surface area contributed by atoms with Gasteiger partial charge in [-0.15, -0.1) is 0 Å². The molecule has 30 heavy (non-hydrogen) atoms. The number of aromatic nitrogens is 1. The van der Waals surface area contributed by atoms with Crippen molar-refractivity contribution in [1.82, 2.24) is 15.2 Å². The van der Waals surface area contributed by atoms with Crippen molar-refractivity contribution in [2.75, 3.05) is 6.61 Å². The lowest BCUT2D eigenvalue weighted by atomic mass is 9.86. The fourth-order valence-corrected chi connectivity index (χ4v) is 3.92. The zero-order valence-electron chi connectivity index (χ0n) is 17.7. The Balaban J connectivity index is 1.50. The monoisotopic (exact) mass is 415 g/mol. The van der Waals surface area contributed by atoms with Crippen LogP contribution < -0.4 is 10.6 Å². The maximum absolute atomic E-state index is 12.4. The molecule has 2 aromatic heterocycles. The average molecular weight is 415 g/mol. The summed E-state index contributed by atoms with van der Waals surface area (Å²) in [6.45, 7) is 5.77. The topological polar surface area (TPSA) is 103 Å². The maximum Gasteiger partial charge on any atom is 0.340 e. The summed E-state index contributed by atoms with van der Waals surface area (Å²) in [6.07, 6.45) is 5.81. The third-order valence-corrected chi connectivity index (χ3v) is 5.70. The summed E-state index contributed by atoms with van der Waals surface area (Å²) in [5, 5.41) is 5.07. The number of carbonyl (C=O) groups is 3. The minimum Gasteiger partial charge on any atom is -0.467 e. The summed E-state index contributed by atoms with van der Waals surface area (Å²) in [7, 11) is 0. The molecule has 1 aliphatic carbocycles. The van der Waals surface area contributed by atoms with E-state index in [-0.39, 0.29) is 6.04 Å². The van der Waals surface area contributed by atoms with Crippen LogP contribution in [0.3, 0.4) is 0 Å². The second-order valence-electron chi connectivity index (χ2n) is 7.92. The van der Waals surface area contributed by atoms with Crippen molar-refractivity contribution in [2.45, 2.75) is 59.0 Å². The lowest BCUT2D eigenvalue weighted by Gasteiger charge is -2.29. The summed E-state index contributed by atoms with van der Waals surface area (Å²) < 4.78 is 12.4. The van der Waals surface area contributed by atoms with Gasteiger partial charge in [0.25, 0.3) is 5.91 Å². The van der Waals surface area contributed by atoms with E-state index >= 15 is 0 Å². The van der Waals surface area contributed by atoms with Gasteiger partial charge in [0.1, 0.15) is 5.76 Å². The van der Waals surface area contributed by atoms with Crippen molar-refractivity contribution in [2.24, 2.45) is 5.92 Å². The van der Waals surface area contributed by atoms with E-state index in [4.69, 9.17) is 9.15 Å². The molecule has 2 heterocycles. The summed E-state index contributed by atoms with van der Waals surface area (Å²) in [4.78, 5) is 36.5. The van der Waals surface area contributed by atoms with Gasteiger partial charge in [-0.05, 0) is 50.8 Å². The van der Waals surface area contributed by atoms with Crippen molar-refractivity contribution in [1.29, 1.82) is 0 Å². The first-order chi connectivity index (χ1) is 14.3. The van der Waals surface area contributed by atoms with Gasteiger partial charge in [-0.3, -0.25) is 10.1 Å². The molecule has 3 rings (SSSR count). The molecule has 8 nitrogen and oxygen atoms in total. The van der Waals surface area contributed by atoms with Crippen LogP contribution in [-0.2, 0) is 16.1 Å². The minimum atomic E-state index is -0.659. The van der Waals surface area contributed by atoms with Gasteiger partial charge in [0.05, 0.1) is 18.4 Å². The molecule has 2 atom stereocenters. The van der Waals surface area contributed by atoms with E-state index < -0.39 is 24.5 Å². The van der Waals surface area contributed by atoms with E-state index in [2.05, 4.69) is 17.6 Å². The fourth-order valence-electron chi connectivity index (χ4n) is 3.92. The zero-order valence-corrected chi connectivity index (χ0v) is 17.7. The number of amides is 3. The molecule has 3 amide bonds. The van der Waals surface area contributed by atoms with Crippen LogP contribution in [0.25, 0.3) is 0 Å². The molecule has 0 aliphatic heterocycles. The number of hydrogen-bond acceptors (Lipinski definition) is 5. The highest BCUT2D eigenvalue weighted by Gasteiger charge is 2.24. The Labute approximate surface area is 176 Å². The number of esters is 1. The Morgan fingerprint density at radius 1 is 1.23 bits per heavy atom. The van der Waals surface area contributed by atoms with Gasteiger partial charge >= 0.3 is 12.0 Å². The summed E-state index contributed by atoms with van der Waals surface area (Å²) in [5.74, 6) is -0.109. The first kappa shape index (κ1) is 21.7. The number of nitrogens with zero attached hydrogens (tertiary/aromatic N) is 1. The standard InChI is InChI=1S/C22H29N3O5/c1-14-7-4-5-9-19(14)23-22(28)24-20(26)13-30-21(27)18-11-15(2)25(16(18)3)12-17-8-6-10-29-17/h6,8,10-11,14,19H,4-5,7,9,12-13H2,1-3H3,(H2,23,24,26,28)/t14-,19+/m0/s1. The van der Waals surface area contributed by atoms with E-state index in [0.717, 1.165) is 42.8 Å². The quantitative estimate of drug-likeness (QED) is 0.705. The summed E-state index contributed by atoms with van der Waals surface area (Å²) in [5.41, 5.74) is 1.98. The number of imide groups is 1. The highest BCUT2D eigenvalue weighted by molar-refractivity contribution is 5.97. The molecule has 0 bridgehead atoms. The van der Waals surface area contributed by atoms with Crippen LogP contribution in [0.1, 0.15) is 60.1 Å². The summed E-state index contributed by atoms with van der Waals surface area (Å²) >= 11 is 0. The molecule has 0 saturated heterocycles. The predicted molar refractivity (Wildman–Crippen MR) is 110 cm³/mol. The Bertz CT molecular complexity index is 900. The lowest BCUT2D eigenvalue weighted by molar-refractivity contribution is -0.123. The number of rotatable bonds is 6. The SMILES string of the molecule is Cc1cc(C(=O)OCC(=O)NC(=O)N[C@@H]2CCCC[C@@H]2C)c(C)n1Cc1ccco1. The molecular weight excluding hydrogens is 386 g/mol. The number of carbonyl (C=O) groups excluding carboxylic acids is 3. The Hall–Kier alpha value is -3.03. The molecule has 0 spiro atoms. The molecule has 2 N–H and O–H groups in total. The third kappa shape index (κ3) is 5.31. The number of furan rings is 1. The average Bonchev–Trinajstić information content (AvgIpc) is 3.31. The number of hydrogen-bond donors (Lipinski definition) is 2. The third-order valence-electron chi connectivity index (χ3n) is 5.70. The highest BCUT2D eigenvalue weighted by atomic mass is 16.5. The lowest BCUT2D eigenvalue weighted by Crippen LogP contribution is -2.48. The molecule has 0 radical (unpaired) electrons. The number of urea groups is 1. The molecule has 1 saturated carbocycles. The van der Waals surface area contributed by atoms with Crippen LogP contribution in [0.15, 0.2) is 28.9 Å². The first-order valence-corrected chi connectivity index (χ1v) is 10.3. The predicted octanol–water partition coefficient (Wildman–Crippen LogP) is 3.31. The van der Waals surface area contributed by atoms with E-state index in [1.807, 2.05) is 30.5 Å². The van der Waals surface area contributed by atoms with Gasteiger partial charge in [0.15, 0.2) is 6.61 Å². The largest absolute Gasteiger partial charge is 0.467 e. The van der Waals surface area contributed by atoms with Crippen LogP contribution >= 0.6 is 0 Å². The normalized spacial score (nSPS) is 18.6. The van der Waals surface area contributed by atoms with Crippen LogP contribution in [0, 0.1) is 19.8 Å². The zero-order chi connectivity index (χ0) is 21.7. The fraction of sp³-hybridized carbons (Fsp3) is 0.500. The van der Waals surface area contributed by atoms with Crippen molar-refractivity contribution in [3.05, 3.63) is 47.2 Å². The van der Waals surface area contributed by atoms with E-state index in [0.29, 0.717) is 18.0 Å². The molecule has 1 fully saturated rings. The van der Waals surface area contributed by atoms with Crippen LogP contribution in [0.5, 0.6) is 0 Å².